The van der Waals surface area contributed by atoms with Crippen molar-refractivity contribution in [3.8, 4) is 0 Å². The summed E-state index contributed by atoms with van der Waals surface area (Å²) in [6, 6.07) is 6.99. The Morgan fingerprint density at radius 1 is 1.47 bits per heavy atom. The third kappa shape index (κ3) is 2.60. The summed E-state index contributed by atoms with van der Waals surface area (Å²) in [4.78, 5) is 13.8. The van der Waals surface area contributed by atoms with Crippen molar-refractivity contribution in [2.24, 2.45) is 0 Å². The van der Waals surface area contributed by atoms with Crippen LogP contribution in [-0.2, 0) is 4.79 Å². The van der Waals surface area contributed by atoms with Crippen molar-refractivity contribution in [2.75, 3.05) is 24.6 Å². The van der Waals surface area contributed by atoms with E-state index in [0.29, 0.717) is 24.5 Å². The topological polar surface area (TPSA) is 52.6 Å². The zero-order chi connectivity index (χ0) is 12.3. The second-order valence-corrected chi connectivity index (χ2v) is 4.37. The molecule has 92 valence electrons. The largest absolute Gasteiger partial charge is 0.396 e. The van der Waals surface area contributed by atoms with Gasteiger partial charge in [0.25, 0.3) is 0 Å². The van der Waals surface area contributed by atoms with Crippen LogP contribution >= 0.6 is 11.6 Å². The molecule has 0 saturated carbocycles. The summed E-state index contributed by atoms with van der Waals surface area (Å²) < 4.78 is 0. The Balaban J connectivity index is 2.21. The summed E-state index contributed by atoms with van der Waals surface area (Å²) in [5.74, 6) is -0.0293. The SMILES string of the molecule is O=C1C(CCO)NCCN1c1ccccc1Cl. The molecule has 0 aromatic heterocycles. The number of amides is 1. The number of benzene rings is 1. The lowest BCUT2D eigenvalue weighted by molar-refractivity contribution is -0.122. The fourth-order valence-corrected chi connectivity index (χ4v) is 2.24. The fraction of sp³-hybridized carbons (Fsp3) is 0.417. The highest BCUT2D eigenvalue weighted by molar-refractivity contribution is 6.33. The van der Waals surface area contributed by atoms with Gasteiger partial charge in [0, 0.05) is 19.7 Å². The van der Waals surface area contributed by atoms with E-state index in [1.165, 1.54) is 0 Å². The number of nitrogens with one attached hydrogen (secondary N) is 1. The summed E-state index contributed by atoms with van der Waals surface area (Å²) in [6.45, 7) is 1.31. The molecule has 4 nitrogen and oxygen atoms in total. The summed E-state index contributed by atoms with van der Waals surface area (Å²) in [5, 5.41) is 12.6. The number of nitrogens with zero attached hydrogens (tertiary/aromatic N) is 1. The molecule has 5 heteroatoms. The standard InChI is InChI=1S/C12H15ClN2O2/c13-9-3-1-2-4-11(9)15-7-6-14-10(5-8-16)12(15)17/h1-4,10,14,16H,5-8H2. The number of hydrogen-bond donors (Lipinski definition) is 2. The monoisotopic (exact) mass is 254 g/mol. The molecule has 1 atom stereocenters. The Kier molecular flexibility index (Phi) is 3.99. The summed E-state index contributed by atoms with van der Waals surface area (Å²) in [7, 11) is 0. The molecule has 1 heterocycles. The van der Waals surface area contributed by atoms with Gasteiger partial charge in [0.2, 0.25) is 5.91 Å². The van der Waals surface area contributed by atoms with Crippen LogP contribution in [0.2, 0.25) is 5.02 Å². The van der Waals surface area contributed by atoms with Gasteiger partial charge in [-0.15, -0.1) is 0 Å². The lowest BCUT2D eigenvalue weighted by Crippen LogP contribution is -2.55. The highest BCUT2D eigenvalue weighted by Crippen LogP contribution is 2.26. The highest BCUT2D eigenvalue weighted by Gasteiger charge is 2.29. The van der Waals surface area contributed by atoms with E-state index in [2.05, 4.69) is 5.32 Å². The van der Waals surface area contributed by atoms with Crippen molar-refractivity contribution in [2.45, 2.75) is 12.5 Å². The van der Waals surface area contributed by atoms with Crippen LogP contribution in [0.5, 0.6) is 0 Å². The van der Waals surface area contributed by atoms with Gasteiger partial charge in [-0.1, -0.05) is 23.7 Å². The maximum Gasteiger partial charge on any atom is 0.244 e. The van der Waals surface area contributed by atoms with Crippen LogP contribution in [0.1, 0.15) is 6.42 Å². The fourth-order valence-electron chi connectivity index (χ4n) is 2.00. The van der Waals surface area contributed by atoms with Gasteiger partial charge in [-0.2, -0.15) is 0 Å². The van der Waals surface area contributed by atoms with Gasteiger partial charge >= 0.3 is 0 Å². The van der Waals surface area contributed by atoms with Crippen molar-refractivity contribution >= 4 is 23.2 Å². The Hall–Kier alpha value is -1.10. The number of anilines is 1. The second kappa shape index (κ2) is 5.49. The molecule has 1 aromatic rings. The van der Waals surface area contributed by atoms with Gasteiger partial charge in [0.05, 0.1) is 16.8 Å². The van der Waals surface area contributed by atoms with E-state index in [9.17, 15) is 4.79 Å². The molecule has 2 N–H and O–H groups in total. The lowest BCUT2D eigenvalue weighted by atomic mass is 10.1. The Morgan fingerprint density at radius 3 is 2.94 bits per heavy atom. The van der Waals surface area contributed by atoms with E-state index < -0.39 is 0 Å². The van der Waals surface area contributed by atoms with Crippen molar-refractivity contribution in [1.29, 1.82) is 0 Å². The van der Waals surface area contributed by atoms with Crippen LogP contribution < -0.4 is 10.2 Å². The van der Waals surface area contributed by atoms with Crippen molar-refractivity contribution in [3.05, 3.63) is 29.3 Å². The maximum absolute atomic E-state index is 12.2. The average molecular weight is 255 g/mol. The summed E-state index contributed by atoms with van der Waals surface area (Å²) >= 11 is 6.08. The zero-order valence-corrected chi connectivity index (χ0v) is 10.2. The van der Waals surface area contributed by atoms with Crippen LogP contribution in [0, 0.1) is 0 Å². The lowest BCUT2D eigenvalue weighted by Gasteiger charge is -2.33. The first kappa shape index (κ1) is 12.4. The second-order valence-electron chi connectivity index (χ2n) is 3.96. The minimum absolute atomic E-state index is 0.000230. The minimum Gasteiger partial charge on any atom is -0.396 e. The van der Waals surface area contributed by atoms with E-state index in [1.807, 2.05) is 18.2 Å². The predicted molar refractivity (Wildman–Crippen MR) is 67.3 cm³/mol. The van der Waals surface area contributed by atoms with Gasteiger partial charge in [0.15, 0.2) is 0 Å². The normalized spacial score (nSPS) is 20.7. The van der Waals surface area contributed by atoms with E-state index in [4.69, 9.17) is 16.7 Å². The molecule has 1 aromatic carbocycles. The zero-order valence-electron chi connectivity index (χ0n) is 9.40. The van der Waals surface area contributed by atoms with E-state index in [1.54, 1.807) is 11.0 Å². The van der Waals surface area contributed by atoms with Crippen molar-refractivity contribution < 1.29 is 9.90 Å². The van der Waals surface area contributed by atoms with Gasteiger partial charge in [-0.05, 0) is 18.6 Å². The van der Waals surface area contributed by atoms with E-state index in [-0.39, 0.29) is 18.6 Å². The molecule has 2 rings (SSSR count). The molecule has 0 bridgehead atoms. The van der Waals surface area contributed by atoms with Crippen molar-refractivity contribution in [1.82, 2.24) is 5.32 Å². The quantitative estimate of drug-likeness (QED) is 0.847. The number of aliphatic hydroxyl groups is 1. The number of halogens is 1. The minimum atomic E-state index is -0.315. The molecule has 1 saturated heterocycles. The molecule has 0 aliphatic carbocycles. The van der Waals surface area contributed by atoms with Gasteiger partial charge in [0.1, 0.15) is 0 Å². The Morgan fingerprint density at radius 2 is 2.24 bits per heavy atom. The first-order valence-corrected chi connectivity index (χ1v) is 6.02. The number of carbonyl (C=O) groups is 1. The average Bonchev–Trinajstić information content (AvgIpc) is 2.33. The van der Waals surface area contributed by atoms with Crippen LogP contribution in [0.4, 0.5) is 5.69 Å². The van der Waals surface area contributed by atoms with Gasteiger partial charge in [-0.3, -0.25) is 4.79 Å². The smallest absolute Gasteiger partial charge is 0.244 e. The summed E-state index contributed by atoms with van der Waals surface area (Å²) in [6.07, 6.45) is 0.430. The van der Waals surface area contributed by atoms with Gasteiger partial charge in [-0.25, -0.2) is 0 Å². The molecular formula is C12H15ClN2O2. The van der Waals surface area contributed by atoms with E-state index >= 15 is 0 Å². The molecule has 17 heavy (non-hydrogen) atoms. The molecule has 0 spiro atoms. The molecule has 1 unspecified atom stereocenters. The van der Waals surface area contributed by atoms with E-state index in [0.717, 1.165) is 5.69 Å². The third-order valence-corrected chi connectivity index (χ3v) is 3.17. The number of rotatable bonds is 3. The molecule has 1 aliphatic heterocycles. The van der Waals surface area contributed by atoms with Crippen molar-refractivity contribution in [3.63, 3.8) is 0 Å². The Bertz CT molecular complexity index is 409. The molecular weight excluding hydrogens is 240 g/mol. The van der Waals surface area contributed by atoms with Crippen LogP contribution in [0.3, 0.4) is 0 Å². The molecule has 1 aliphatic rings. The number of para-hydroxylation sites is 1. The highest BCUT2D eigenvalue weighted by atomic mass is 35.5. The van der Waals surface area contributed by atoms with Crippen LogP contribution in [-0.4, -0.2) is 36.8 Å². The maximum atomic E-state index is 12.2. The van der Waals surface area contributed by atoms with Gasteiger partial charge < -0.3 is 15.3 Å². The van der Waals surface area contributed by atoms with Crippen LogP contribution in [0.15, 0.2) is 24.3 Å². The number of carbonyl (C=O) groups excluding carboxylic acids is 1. The predicted octanol–water partition coefficient (Wildman–Crippen LogP) is 1.03. The molecule has 1 fully saturated rings. The Labute approximate surface area is 105 Å². The third-order valence-electron chi connectivity index (χ3n) is 2.85. The number of aliphatic hydroxyl groups excluding tert-OH is 1. The number of hydrogen-bond acceptors (Lipinski definition) is 3. The molecule has 0 radical (unpaired) electrons. The first-order valence-electron chi connectivity index (χ1n) is 5.64. The molecule has 1 amide bonds. The van der Waals surface area contributed by atoms with Crippen LogP contribution in [0.25, 0.3) is 0 Å². The number of piperazine rings is 1. The first-order chi connectivity index (χ1) is 8.24. The summed E-state index contributed by atoms with van der Waals surface area (Å²) in [5.41, 5.74) is 0.739.